The van der Waals surface area contributed by atoms with Crippen LogP contribution in [0.3, 0.4) is 0 Å². The third-order valence-electron chi connectivity index (χ3n) is 6.03. The number of alkyl halides is 3. The molecule has 3 fully saturated rings. The summed E-state index contributed by atoms with van der Waals surface area (Å²) < 4.78 is 65.3. The molecule has 10 nitrogen and oxygen atoms in total. The Morgan fingerprint density at radius 3 is 2.60 bits per heavy atom. The van der Waals surface area contributed by atoms with Crippen molar-refractivity contribution in [3.8, 4) is 5.75 Å². The first-order valence-corrected chi connectivity index (χ1v) is 10.9. The minimum absolute atomic E-state index is 0.0335. The number of nitrogens with one attached hydrogen (secondary N) is 2. The zero-order chi connectivity index (χ0) is 25.4. The molecule has 4 rings (SSSR count). The minimum Gasteiger partial charge on any atom is -0.430 e. The van der Waals surface area contributed by atoms with Gasteiger partial charge in [-0.05, 0) is 18.9 Å². The molecular weight excluding hydrogens is 480 g/mol. The van der Waals surface area contributed by atoms with Gasteiger partial charge in [-0.3, -0.25) is 0 Å². The van der Waals surface area contributed by atoms with E-state index in [9.17, 15) is 31.9 Å². The molecule has 2 N–H and O–H groups in total. The Labute approximate surface area is 197 Å². The predicted octanol–water partition coefficient (Wildman–Crippen LogP) is 2.72. The van der Waals surface area contributed by atoms with Crippen LogP contribution < -0.4 is 15.4 Å². The summed E-state index contributed by atoms with van der Waals surface area (Å²) in [5.74, 6) is -1.68. The molecule has 1 spiro atoms. The highest BCUT2D eigenvalue weighted by molar-refractivity contribution is 5.77. The Bertz CT molecular complexity index is 1000. The van der Waals surface area contributed by atoms with Crippen molar-refractivity contribution in [1.82, 2.24) is 20.4 Å². The molecule has 1 aromatic carbocycles. The number of nitrogens with zero attached hydrogens (tertiary/aromatic N) is 2. The molecule has 2 heterocycles. The lowest BCUT2D eigenvalue weighted by molar-refractivity contribution is -0.274. The first-order chi connectivity index (χ1) is 16.5. The molecule has 2 unspecified atom stereocenters. The minimum atomic E-state index is -4.95. The third kappa shape index (κ3) is 5.80. The van der Waals surface area contributed by atoms with Crippen LogP contribution in [-0.4, -0.2) is 78.8 Å². The van der Waals surface area contributed by atoms with Gasteiger partial charge < -0.3 is 34.6 Å². The SMILES string of the molecule is CNC(=O)N1CC(N(C(=O)NCc2ccc(OC(F)(F)F)cc2F)C2CC2)CC2(COC(=O)O2)C1. The molecule has 192 valence electrons. The van der Waals surface area contributed by atoms with Crippen molar-refractivity contribution in [2.24, 2.45) is 0 Å². The maximum absolute atomic E-state index is 14.3. The largest absolute Gasteiger partial charge is 0.573 e. The summed E-state index contributed by atoms with van der Waals surface area (Å²) in [6.07, 6.45) is -4.10. The number of benzene rings is 1. The summed E-state index contributed by atoms with van der Waals surface area (Å²) in [5.41, 5.74) is -1.13. The van der Waals surface area contributed by atoms with E-state index in [0.29, 0.717) is 6.07 Å². The van der Waals surface area contributed by atoms with E-state index >= 15 is 0 Å². The topological polar surface area (TPSA) is 109 Å². The van der Waals surface area contributed by atoms with Gasteiger partial charge in [0.1, 0.15) is 18.2 Å². The number of halogens is 4. The quantitative estimate of drug-likeness (QED) is 0.472. The smallest absolute Gasteiger partial charge is 0.430 e. The van der Waals surface area contributed by atoms with Crippen molar-refractivity contribution >= 4 is 18.2 Å². The van der Waals surface area contributed by atoms with Crippen LogP contribution in [0.4, 0.5) is 31.9 Å². The third-order valence-corrected chi connectivity index (χ3v) is 6.03. The number of cyclic esters (lactones) is 1. The summed E-state index contributed by atoms with van der Waals surface area (Å²) in [6, 6.07) is 1.06. The zero-order valence-electron chi connectivity index (χ0n) is 18.7. The number of carbonyl (C=O) groups is 3. The van der Waals surface area contributed by atoms with E-state index in [1.54, 1.807) is 4.90 Å². The molecule has 2 atom stereocenters. The van der Waals surface area contributed by atoms with Crippen LogP contribution in [0, 0.1) is 5.82 Å². The molecule has 14 heteroatoms. The monoisotopic (exact) mass is 504 g/mol. The summed E-state index contributed by atoms with van der Waals surface area (Å²) in [6.45, 7) is -0.0594. The number of hydrogen-bond acceptors (Lipinski definition) is 6. The Morgan fingerprint density at radius 2 is 2.03 bits per heavy atom. The molecule has 2 saturated heterocycles. The van der Waals surface area contributed by atoms with Gasteiger partial charge in [0.15, 0.2) is 5.60 Å². The van der Waals surface area contributed by atoms with Gasteiger partial charge in [-0.15, -0.1) is 13.2 Å². The average molecular weight is 504 g/mol. The molecule has 1 aromatic rings. The highest BCUT2D eigenvalue weighted by atomic mass is 19.4. The van der Waals surface area contributed by atoms with Gasteiger partial charge >= 0.3 is 24.6 Å². The number of hydrogen-bond donors (Lipinski definition) is 2. The van der Waals surface area contributed by atoms with Crippen molar-refractivity contribution in [3.05, 3.63) is 29.6 Å². The van der Waals surface area contributed by atoms with E-state index in [4.69, 9.17) is 9.47 Å². The lowest BCUT2D eigenvalue weighted by Gasteiger charge is -2.45. The van der Waals surface area contributed by atoms with Crippen molar-refractivity contribution in [2.75, 3.05) is 26.7 Å². The fourth-order valence-corrected chi connectivity index (χ4v) is 4.44. The van der Waals surface area contributed by atoms with E-state index < -0.39 is 47.8 Å². The average Bonchev–Trinajstić information content (AvgIpc) is 3.54. The number of ether oxygens (including phenoxy) is 3. The molecule has 1 saturated carbocycles. The Morgan fingerprint density at radius 1 is 1.29 bits per heavy atom. The number of piperidine rings is 1. The first-order valence-electron chi connectivity index (χ1n) is 10.9. The number of likely N-dealkylation sites (tertiary alicyclic amines) is 1. The summed E-state index contributed by atoms with van der Waals surface area (Å²) in [7, 11) is 1.46. The fourth-order valence-electron chi connectivity index (χ4n) is 4.44. The normalized spacial score (nSPS) is 24.0. The predicted molar refractivity (Wildman–Crippen MR) is 110 cm³/mol. The number of urea groups is 2. The second-order valence-electron chi connectivity index (χ2n) is 8.72. The van der Waals surface area contributed by atoms with Crippen molar-refractivity contribution < 1.29 is 46.2 Å². The second kappa shape index (κ2) is 9.30. The van der Waals surface area contributed by atoms with Gasteiger partial charge in [-0.25, -0.2) is 18.8 Å². The summed E-state index contributed by atoms with van der Waals surface area (Å²) >= 11 is 0. The van der Waals surface area contributed by atoms with Crippen molar-refractivity contribution in [3.63, 3.8) is 0 Å². The highest BCUT2D eigenvalue weighted by Gasteiger charge is 2.53. The van der Waals surface area contributed by atoms with Gasteiger partial charge in [0.2, 0.25) is 0 Å². The second-order valence-corrected chi connectivity index (χ2v) is 8.72. The van der Waals surface area contributed by atoms with Gasteiger partial charge in [-0.1, -0.05) is 6.07 Å². The summed E-state index contributed by atoms with van der Waals surface area (Å²) in [5, 5.41) is 5.12. The van der Waals surface area contributed by atoms with Gasteiger partial charge in [0, 0.05) is 44.2 Å². The fraction of sp³-hybridized carbons (Fsp3) is 0.571. The molecule has 1 aliphatic carbocycles. The van der Waals surface area contributed by atoms with Crippen LogP contribution in [0.1, 0.15) is 24.8 Å². The Hall–Kier alpha value is -3.45. The van der Waals surface area contributed by atoms with Gasteiger partial charge in [0.05, 0.1) is 12.6 Å². The summed E-state index contributed by atoms with van der Waals surface area (Å²) in [4.78, 5) is 40.2. The lowest BCUT2D eigenvalue weighted by atomic mass is 9.89. The van der Waals surface area contributed by atoms with Crippen molar-refractivity contribution in [2.45, 2.75) is 49.9 Å². The molecule has 2 aliphatic heterocycles. The van der Waals surface area contributed by atoms with E-state index in [-0.39, 0.29) is 44.3 Å². The van der Waals surface area contributed by atoms with Crippen LogP contribution in [-0.2, 0) is 16.0 Å². The Kier molecular flexibility index (Phi) is 6.56. The van der Waals surface area contributed by atoms with E-state index in [2.05, 4.69) is 15.4 Å². The van der Waals surface area contributed by atoms with Gasteiger partial charge in [0.25, 0.3) is 0 Å². The van der Waals surface area contributed by atoms with Crippen LogP contribution in [0.5, 0.6) is 5.75 Å². The van der Waals surface area contributed by atoms with Crippen molar-refractivity contribution in [1.29, 1.82) is 0 Å². The maximum atomic E-state index is 14.3. The Balaban J connectivity index is 1.46. The lowest BCUT2D eigenvalue weighted by Crippen LogP contribution is -2.63. The molecule has 35 heavy (non-hydrogen) atoms. The molecule has 0 bridgehead atoms. The van der Waals surface area contributed by atoms with E-state index in [0.717, 1.165) is 25.0 Å². The molecule has 3 aliphatic rings. The van der Waals surface area contributed by atoms with Crippen LogP contribution in [0.2, 0.25) is 0 Å². The van der Waals surface area contributed by atoms with E-state index in [1.165, 1.54) is 11.9 Å². The maximum Gasteiger partial charge on any atom is 0.573 e. The first kappa shape index (κ1) is 24.7. The molecule has 4 amide bonds. The molecule has 0 radical (unpaired) electrons. The number of rotatable bonds is 5. The standard InChI is InChI=1S/C21H24F4N4O6/c1-26-17(30)28-9-14(7-20(10-28)11-33-19(32)35-20)29(13-3-4-13)18(31)27-8-12-2-5-15(6-16(12)22)34-21(23,24)25/h2,5-6,13-14H,3-4,7-11H2,1H3,(H,26,30)(H,27,31). The van der Waals surface area contributed by atoms with Crippen LogP contribution in [0.25, 0.3) is 0 Å². The molecular formula is C21H24F4N4O6. The molecule has 0 aromatic heterocycles. The number of amides is 4. The zero-order valence-corrected chi connectivity index (χ0v) is 18.7. The highest BCUT2D eigenvalue weighted by Crippen LogP contribution is 2.37. The number of carbonyl (C=O) groups excluding carboxylic acids is 3. The van der Waals surface area contributed by atoms with Gasteiger partial charge in [-0.2, -0.15) is 0 Å². The van der Waals surface area contributed by atoms with Crippen LogP contribution in [0.15, 0.2) is 18.2 Å². The van der Waals surface area contributed by atoms with Crippen LogP contribution >= 0.6 is 0 Å². The van der Waals surface area contributed by atoms with E-state index in [1.807, 2.05) is 0 Å².